The molecule has 4 heteroatoms. The van der Waals surface area contributed by atoms with Crippen LogP contribution in [-0.2, 0) is 40.6 Å². The van der Waals surface area contributed by atoms with E-state index < -0.39 is 0 Å². The molecule has 6 rings (SSSR count). The fourth-order valence-electron chi connectivity index (χ4n) is 6.86. The molecule has 0 radical (unpaired) electrons. The van der Waals surface area contributed by atoms with Gasteiger partial charge in [0.15, 0.2) is 0 Å². The second-order valence-electron chi connectivity index (χ2n) is 15.1. The molecule has 0 amide bonds. The van der Waals surface area contributed by atoms with Crippen LogP contribution in [0, 0.1) is 6.07 Å². The monoisotopic (exact) mass is 724 g/mol. The van der Waals surface area contributed by atoms with E-state index in [1.807, 2.05) is 53.7 Å². The van der Waals surface area contributed by atoms with Gasteiger partial charge in [0.1, 0.15) is 0 Å². The Morgan fingerprint density at radius 3 is 1.61 bits per heavy atom. The van der Waals surface area contributed by atoms with Crippen molar-refractivity contribution in [2.75, 3.05) is 0 Å². The van der Waals surface area contributed by atoms with Crippen molar-refractivity contribution in [3.8, 4) is 11.1 Å². The van der Waals surface area contributed by atoms with Crippen molar-refractivity contribution < 1.29 is 48.1 Å². The number of benzene rings is 2. The fourth-order valence-corrected chi connectivity index (χ4v) is 13.8. The van der Waals surface area contributed by atoms with E-state index in [9.17, 15) is 0 Å². The summed E-state index contributed by atoms with van der Waals surface area (Å²) in [5, 5.41) is 0. The molecule has 44 heavy (non-hydrogen) atoms. The summed E-state index contributed by atoms with van der Waals surface area (Å²) in [5.74, 6) is 0. The molecule has 240 valence electrons. The minimum atomic E-state index is 0. The zero-order valence-electron chi connectivity index (χ0n) is 28.4. The number of hydrogen-bond acceptors (Lipinski definition) is 0. The third kappa shape index (κ3) is 11.6. The van der Waals surface area contributed by atoms with Crippen molar-refractivity contribution in [2.24, 2.45) is 0 Å². The molecule has 3 aromatic carbocycles. The average molecular weight is 727 g/mol. The Morgan fingerprint density at radius 2 is 1.18 bits per heavy atom. The van der Waals surface area contributed by atoms with Gasteiger partial charge < -0.3 is 24.8 Å². The summed E-state index contributed by atoms with van der Waals surface area (Å²) in [6.45, 7) is 13.6. The Morgan fingerprint density at radius 1 is 0.682 bits per heavy atom. The van der Waals surface area contributed by atoms with Crippen molar-refractivity contribution >= 4 is 5.43 Å². The molecule has 0 N–H and O–H groups in total. The topological polar surface area (TPSA) is 0 Å². The number of fused-ring (bicyclic) bond motifs is 3. The molecule has 0 aliphatic heterocycles. The predicted molar refractivity (Wildman–Crippen MR) is 182 cm³/mol. The van der Waals surface area contributed by atoms with Crippen molar-refractivity contribution in [3.05, 3.63) is 89.0 Å². The van der Waals surface area contributed by atoms with Crippen LogP contribution in [0.2, 0.25) is 11.1 Å². The number of halogens is 2. The SMILES string of the molecule is CC(C)(C)c1[c-]c2c(cc1)-c1ccc(C(C)(C)C)cc1C2.[Cl-].[Cl-].[Zr+2]=[Si](C1CCCCCC1)C1CCCCCC1.c1cc[cH-]c1. The van der Waals surface area contributed by atoms with Crippen LogP contribution >= 0.6 is 0 Å². The van der Waals surface area contributed by atoms with Crippen molar-refractivity contribution in [1.82, 2.24) is 0 Å². The van der Waals surface area contributed by atoms with Gasteiger partial charge in [-0.05, 0) is 28.4 Å². The molecule has 0 aromatic heterocycles. The standard InChI is InChI=1S/C21H25.C14H26Si.C5H5.2ClH.Zr/c1-20(2,3)16-7-9-18-14(12-16)11-15-13-17(21(4,5)6)8-10-19(15)18;1-2-6-10-13(9-5-1)15-14-11-7-3-4-8-12-14;1-2-4-5-3-1;;;/h7-10,12H,11H2,1-6H3;13-14H,1-12H2;1-5H;2*1H;/q-1;;-1;;;+2/p-2. The van der Waals surface area contributed by atoms with E-state index >= 15 is 0 Å². The van der Waals surface area contributed by atoms with E-state index in [1.54, 1.807) is 51.4 Å². The molecule has 3 aliphatic carbocycles. The zero-order valence-corrected chi connectivity index (χ0v) is 33.3. The van der Waals surface area contributed by atoms with Crippen LogP contribution in [0.3, 0.4) is 0 Å². The van der Waals surface area contributed by atoms with Gasteiger partial charge in [-0.15, -0.1) is 11.1 Å². The maximum atomic E-state index is 3.67. The molecule has 0 heterocycles. The molecule has 2 fully saturated rings. The first kappa shape index (κ1) is 39.6. The minimum Gasteiger partial charge on any atom is -0.214 e. The van der Waals surface area contributed by atoms with E-state index in [0.717, 1.165) is 6.42 Å². The van der Waals surface area contributed by atoms with Gasteiger partial charge in [-0.3, -0.25) is 0 Å². The van der Waals surface area contributed by atoms with Crippen LogP contribution in [0.25, 0.3) is 11.1 Å². The molecule has 3 aromatic rings. The minimum absolute atomic E-state index is 0. The average Bonchev–Trinajstić information content (AvgIpc) is 3.47. The zero-order chi connectivity index (χ0) is 30.2. The molecular weight excluding hydrogens is 671 g/mol. The summed E-state index contributed by atoms with van der Waals surface area (Å²) in [7, 11) is 0. The summed E-state index contributed by atoms with van der Waals surface area (Å²) in [6, 6.07) is 25.2. The predicted octanol–water partition coefficient (Wildman–Crippen LogP) is 6.04. The van der Waals surface area contributed by atoms with E-state index in [2.05, 4.69) is 77.9 Å². The van der Waals surface area contributed by atoms with E-state index in [1.165, 1.54) is 70.1 Å². The molecule has 0 atom stereocenters. The smallest absolute Gasteiger partial charge is 0.172 e. The van der Waals surface area contributed by atoms with Gasteiger partial charge in [-0.1, -0.05) is 65.3 Å². The Balaban J connectivity index is 0.000000260. The largest absolute Gasteiger partial charge is 0.214 e. The Hall–Kier alpha value is -0.530. The van der Waals surface area contributed by atoms with Crippen LogP contribution in [-0.4, -0.2) is 5.43 Å². The second-order valence-corrected chi connectivity index (χ2v) is 21.9. The Bertz CT molecular complexity index is 1150. The molecule has 0 nitrogen and oxygen atoms in total. The summed E-state index contributed by atoms with van der Waals surface area (Å²) < 4.78 is 0. The third-order valence-corrected chi connectivity index (χ3v) is 18.5. The van der Waals surface area contributed by atoms with Gasteiger partial charge >= 0.3 is 117 Å². The van der Waals surface area contributed by atoms with Crippen LogP contribution < -0.4 is 24.8 Å². The molecule has 0 unspecified atom stereocenters. The summed E-state index contributed by atoms with van der Waals surface area (Å²) in [4.78, 5) is 0. The Kier molecular flexibility index (Phi) is 16.9. The number of hydrogen-bond donors (Lipinski definition) is 0. The first-order valence-corrected chi connectivity index (χ1v) is 22.3. The van der Waals surface area contributed by atoms with Crippen LogP contribution in [0.1, 0.15) is 141 Å². The van der Waals surface area contributed by atoms with Crippen LogP contribution in [0.5, 0.6) is 0 Å². The van der Waals surface area contributed by atoms with Gasteiger partial charge in [0.05, 0.1) is 0 Å². The summed E-state index contributed by atoms with van der Waals surface area (Å²) in [6.07, 6.45) is 19.8. The Labute approximate surface area is 298 Å². The van der Waals surface area contributed by atoms with E-state index in [-0.39, 0.29) is 41.1 Å². The van der Waals surface area contributed by atoms with Crippen LogP contribution in [0.4, 0.5) is 0 Å². The van der Waals surface area contributed by atoms with Gasteiger partial charge in [-0.25, -0.2) is 12.1 Å². The summed E-state index contributed by atoms with van der Waals surface area (Å²) >= 11 is 1.96. The molecule has 3 aliphatic rings. The van der Waals surface area contributed by atoms with Crippen molar-refractivity contribution in [2.45, 2.75) is 147 Å². The van der Waals surface area contributed by atoms with Crippen molar-refractivity contribution in [1.29, 1.82) is 0 Å². The second kappa shape index (κ2) is 18.7. The molecular formula is C40H56Cl2SiZr-2. The first-order valence-electron chi connectivity index (χ1n) is 17.0. The quantitative estimate of drug-likeness (QED) is 0.134. The maximum Gasteiger partial charge on any atom is -0.172 e. The first-order chi connectivity index (χ1) is 20.0. The van der Waals surface area contributed by atoms with Gasteiger partial charge in [0.25, 0.3) is 0 Å². The normalized spacial score (nSPS) is 17.1. The van der Waals surface area contributed by atoms with Gasteiger partial charge in [0.2, 0.25) is 0 Å². The third-order valence-electron chi connectivity index (χ3n) is 9.61. The van der Waals surface area contributed by atoms with Crippen molar-refractivity contribution in [3.63, 3.8) is 0 Å². The maximum absolute atomic E-state index is 3.67. The van der Waals surface area contributed by atoms with Gasteiger partial charge in [0, 0.05) is 0 Å². The van der Waals surface area contributed by atoms with E-state index in [0.29, 0.717) is 0 Å². The fraction of sp³-hybridized carbons (Fsp3) is 0.575. The summed E-state index contributed by atoms with van der Waals surface area (Å²) in [5.41, 5.74) is 11.2. The molecule has 0 spiro atoms. The molecule has 2 saturated carbocycles. The molecule has 0 saturated heterocycles. The number of rotatable bonds is 2. The van der Waals surface area contributed by atoms with E-state index in [4.69, 9.17) is 0 Å². The van der Waals surface area contributed by atoms with Gasteiger partial charge in [-0.2, -0.15) is 42.0 Å². The van der Waals surface area contributed by atoms with Crippen LogP contribution in [0.15, 0.2) is 60.7 Å². The molecule has 0 bridgehead atoms.